The maximum absolute atomic E-state index is 12.2. The Labute approximate surface area is 293 Å². The molecule has 3 N–H and O–H groups in total. The zero-order valence-corrected chi connectivity index (χ0v) is 31.5. The molecule has 0 spiro atoms. The van der Waals surface area contributed by atoms with Gasteiger partial charge in [-0.1, -0.05) is 192 Å². The van der Waals surface area contributed by atoms with E-state index in [1.54, 1.807) is 0 Å². The van der Waals surface area contributed by atoms with Gasteiger partial charge in [-0.2, -0.15) is 0 Å². The predicted octanol–water partition coefficient (Wildman–Crippen LogP) is 12.6. The molecular formula is C43H81NO3. The zero-order chi connectivity index (χ0) is 34.3. The van der Waals surface area contributed by atoms with E-state index in [4.69, 9.17) is 0 Å². The number of aliphatic hydroxyl groups excluding tert-OH is 2. The van der Waals surface area contributed by atoms with Crippen molar-refractivity contribution in [3.8, 4) is 0 Å². The summed E-state index contributed by atoms with van der Waals surface area (Å²) in [6.07, 6.45) is 51.3. The van der Waals surface area contributed by atoms with Gasteiger partial charge in [-0.25, -0.2) is 0 Å². The molecule has 0 aromatic rings. The van der Waals surface area contributed by atoms with Crippen LogP contribution >= 0.6 is 0 Å². The first-order valence-electron chi connectivity index (χ1n) is 20.7. The zero-order valence-electron chi connectivity index (χ0n) is 31.5. The maximum Gasteiger partial charge on any atom is 0.220 e. The van der Waals surface area contributed by atoms with E-state index in [-0.39, 0.29) is 12.5 Å². The highest BCUT2D eigenvalue weighted by Crippen LogP contribution is 2.15. The van der Waals surface area contributed by atoms with Crippen molar-refractivity contribution in [3.63, 3.8) is 0 Å². The van der Waals surface area contributed by atoms with E-state index in [2.05, 4.69) is 55.6 Å². The standard InChI is InChI=1S/C43H81NO3/c1-3-5-7-9-10-11-12-13-14-15-16-17-18-19-20-21-22-23-24-25-26-27-28-29-30-31-32-33-34-35-37-39-43(47)44-41(40-45)42(46)38-36-8-6-4-2/h12-13,15-16,18-19,41-42,45-46H,3-11,14,17,20-40H2,1-2H3,(H,44,47)/b13-12-,16-15-,19-18-. The molecule has 4 heteroatoms. The van der Waals surface area contributed by atoms with Crippen LogP contribution in [0.3, 0.4) is 0 Å². The molecule has 0 radical (unpaired) electrons. The molecular weight excluding hydrogens is 578 g/mol. The van der Waals surface area contributed by atoms with Crippen molar-refractivity contribution in [3.05, 3.63) is 36.5 Å². The largest absolute Gasteiger partial charge is 0.394 e. The number of nitrogens with one attached hydrogen (secondary N) is 1. The third-order valence-electron chi connectivity index (χ3n) is 9.40. The number of amides is 1. The van der Waals surface area contributed by atoms with Crippen LogP contribution in [-0.4, -0.2) is 34.9 Å². The molecule has 0 aromatic carbocycles. The Morgan fingerprint density at radius 1 is 0.511 bits per heavy atom. The Hall–Kier alpha value is -1.39. The van der Waals surface area contributed by atoms with Crippen molar-refractivity contribution in [1.82, 2.24) is 5.32 Å². The quantitative estimate of drug-likeness (QED) is 0.0459. The minimum Gasteiger partial charge on any atom is -0.394 e. The molecule has 0 saturated carbocycles. The van der Waals surface area contributed by atoms with Crippen LogP contribution in [0.2, 0.25) is 0 Å². The molecule has 0 heterocycles. The number of carbonyl (C=O) groups excluding carboxylic acids is 1. The SMILES string of the molecule is CCCCCCC/C=C\C/C=C\C/C=C\CCCCCCCCCCCCCCCCCCC(=O)NC(CO)C(O)CCCCCC. The average molecular weight is 660 g/mol. The van der Waals surface area contributed by atoms with Crippen molar-refractivity contribution in [2.24, 2.45) is 0 Å². The van der Waals surface area contributed by atoms with E-state index >= 15 is 0 Å². The number of hydrogen-bond acceptors (Lipinski definition) is 3. The van der Waals surface area contributed by atoms with Crippen molar-refractivity contribution in [2.75, 3.05) is 6.61 Å². The molecule has 0 fully saturated rings. The maximum atomic E-state index is 12.2. The van der Waals surface area contributed by atoms with Gasteiger partial charge in [0, 0.05) is 6.42 Å². The van der Waals surface area contributed by atoms with Crippen molar-refractivity contribution in [1.29, 1.82) is 0 Å². The Morgan fingerprint density at radius 3 is 1.30 bits per heavy atom. The molecule has 0 aliphatic carbocycles. The number of unbranched alkanes of at least 4 members (excludes halogenated alkanes) is 24. The van der Waals surface area contributed by atoms with Gasteiger partial charge in [-0.05, 0) is 51.4 Å². The second-order valence-electron chi connectivity index (χ2n) is 14.1. The Balaban J connectivity index is 3.37. The van der Waals surface area contributed by atoms with Gasteiger partial charge >= 0.3 is 0 Å². The van der Waals surface area contributed by atoms with Gasteiger partial charge in [0.1, 0.15) is 0 Å². The van der Waals surface area contributed by atoms with E-state index in [1.807, 2.05) is 0 Å². The number of rotatable bonds is 37. The highest BCUT2D eigenvalue weighted by Gasteiger charge is 2.19. The summed E-state index contributed by atoms with van der Waals surface area (Å²) in [5.74, 6) is -0.0408. The lowest BCUT2D eigenvalue weighted by Crippen LogP contribution is -2.45. The Kier molecular flexibility index (Phi) is 37.9. The molecule has 0 aromatic heterocycles. The molecule has 0 saturated heterocycles. The fourth-order valence-corrected chi connectivity index (χ4v) is 6.19. The molecule has 2 atom stereocenters. The summed E-state index contributed by atoms with van der Waals surface area (Å²) >= 11 is 0. The van der Waals surface area contributed by atoms with Crippen LogP contribution in [0.4, 0.5) is 0 Å². The molecule has 1 amide bonds. The van der Waals surface area contributed by atoms with Crippen molar-refractivity contribution < 1.29 is 15.0 Å². The molecule has 4 nitrogen and oxygen atoms in total. The first-order chi connectivity index (χ1) is 23.2. The van der Waals surface area contributed by atoms with Crippen LogP contribution < -0.4 is 5.32 Å². The third kappa shape index (κ3) is 35.7. The molecule has 276 valence electrons. The van der Waals surface area contributed by atoms with Gasteiger partial charge in [-0.3, -0.25) is 4.79 Å². The molecule has 0 aliphatic heterocycles. The summed E-state index contributed by atoms with van der Waals surface area (Å²) in [6, 6.07) is -0.530. The molecule has 0 rings (SSSR count). The summed E-state index contributed by atoms with van der Waals surface area (Å²) in [7, 11) is 0. The smallest absolute Gasteiger partial charge is 0.220 e. The minimum atomic E-state index is -0.653. The van der Waals surface area contributed by atoms with E-state index < -0.39 is 12.1 Å². The molecule has 47 heavy (non-hydrogen) atoms. The lowest BCUT2D eigenvalue weighted by atomic mass is 10.0. The Bertz CT molecular complexity index is 716. The van der Waals surface area contributed by atoms with Crippen LogP contribution in [0.15, 0.2) is 36.5 Å². The van der Waals surface area contributed by atoms with Crippen LogP contribution in [0.1, 0.15) is 213 Å². The first-order valence-corrected chi connectivity index (χ1v) is 20.7. The predicted molar refractivity (Wildman–Crippen MR) is 207 cm³/mol. The molecule has 2 unspecified atom stereocenters. The molecule has 0 aliphatic rings. The van der Waals surface area contributed by atoms with Crippen LogP contribution in [0.25, 0.3) is 0 Å². The van der Waals surface area contributed by atoms with Gasteiger partial charge in [0.2, 0.25) is 5.91 Å². The van der Waals surface area contributed by atoms with Gasteiger partial charge < -0.3 is 15.5 Å². The lowest BCUT2D eigenvalue weighted by molar-refractivity contribution is -0.123. The average Bonchev–Trinajstić information content (AvgIpc) is 3.08. The minimum absolute atomic E-state index is 0.0408. The summed E-state index contributed by atoms with van der Waals surface area (Å²) < 4.78 is 0. The fraction of sp³-hybridized carbons (Fsp3) is 0.837. The van der Waals surface area contributed by atoms with E-state index in [9.17, 15) is 15.0 Å². The summed E-state index contributed by atoms with van der Waals surface area (Å²) in [5, 5.41) is 22.7. The van der Waals surface area contributed by atoms with Gasteiger partial charge in [0.25, 0.3) is 0 Å². The second-order valence-corrected chi connectivity index (χ2v) is 14.1. The Morgan fingerprint density at radius 2 is 0.872 bits per heavy atom. The highest BCUT2D eigenvalue weighted by molar-refractivity contribution is 5.76. The van der Waals surface area contributed by atoms with Gasteiger partial charge in [0.05, 0.1) is 18.8 Å². The van der Waals surface area contributed by atoms with Gasteiger partial charge in [0.15, 0.2) is 0 Å². The van der Waals surface area contributed by atoms with Crippen LogP contribution in [-0.2, 0) is 4.79 Å². The normalized spacial score (nSPS) is 13.4. The topological polar surface area (TPSA) is 69.6 Å². The second kappa shape index (κ2) is 39.1. The van der Waals surface area contributed by atoms with E-state index in [0.29, 0.717) is 12.8 Å². The van der Waals surface area contributed by atoms with Gasteiger partial charge in [-0.15, -0.1) is 0 Å². The van der Waals surface area contributed by atoms with Crippen LogP contribution in [0.5, 0.6) is 0 Å². The van der Waals surface area contributed by atoms with Crippen LogP contribution in [0, 0.1) is 0 Å². The number of hydrogen-bond donors (Lipinski definition) is 3. The third-order valence-corrected chi connectivity index (χ3v) is 9.40. The monoisotopic (exact) mass is 660 g/mol. The van der Waals surface area contributed by atoms with Crippen molar-refractivity contribution in [2.45, 2.75) is 225 Å². The van der Waals surface area contributed by atoms with E-state index in [0.717, 1.165) is 44.9 Å². The summed E-state index contributed by atoms with van der Waals surface area (Å²) in [6.45, 7) is 4.24. The fourth-order valence-electron chi connectivity index (χ4n) is 6.19. The summed E-state index contributed by atoms with van der Waals surface area (Å²) in [4.78, 5) is 12.2. The van der Waals surface area contributed by atoms with E-state index in [1.165, 1.54) is 141 Å². The summed E-state index contributed by atoms with van der Waals surface area (Å²) in [5.41, 5.74) is 0. The number of aliphatic hydroxyl groups is 2. The molecule has 0 bridgehead atoms. The highest BCUT2D eigenvalue weighted by atomic mass is 16.3. The first kappa shape index (κ1) is 45.6. The van der Waals surface area contributed by atoms with Crippen molar-refractivity contribution >= 4 is 5.91 Å². The number of allylic oxidation sites excluding steroid dienone is 6. The lowest BCUT2D eigenvalue weighted by Gasteiger charge is -2.22. The number of carbonyl (C=O) groups is 1.